The van der Waals surface area contributed by atoms with E-state index in [9.17, 15) is 8.78 Å². The second kappa shape index (κ2) is 7.00. The third kappa shape index (κ3) is 3.15. The van der Waals surface area contributed by atoms with Gasteiger partial charge in [0.2, 0.25) is 0 Å². The van der Waals surface area contributed by atoms with Crippen LogP contribution in [0.15, 0.2) is 65.4 Å². The quantitative estimate of drug-likeness (QED) is 0.729. The summed E-state index contributed by atoms with van der Waals surface area (Å²) in [6.07, 6.45) is 4.46. The highest BCUT2D eigenvalue weighted by atomic mass is 32.1. The van der Waals surface area contributed by atoms with E-state index in [1.165, 1.54) is 12.1 Å². The molecule has 132 valence electrons. The minimum Gasteiger partial charge on any atom is -0.352 e. The Morgan fingerprint density at radius 1 is 0.962 bits per heavy atom. The van der Waals surface area contributed by atoms with Crippen molar-refractivity contribution in [3.8, 4) is 0 Å². The van der Waals surface area contributed by atoms with E-state index < -0.39 is 0 Å². The summed E-state index contributed by atoms with van der Waals surface area (Å²) in [7, 11) is 0. The number of rotatable bonds is 2. The smallest absolute Gasteiger partial charge is 0.171 e. The number of allylic oxidation sites excluding steroid dienone is 1. The molecule has 0 bridgehead atoms. The van der Waals surface area contributed by atoms with Crippen molar-refractivity contribution in [1.29, 1.82) is 0 Å². The lowest BCUT2D eigenvalue weighted by atomic mass is 9.83. The predicted molar refractivity (Wildman–Crippen MR) is 103 cm³/mol. The molecule has 1 aliphatic heterocycles. The van der Waals surface area contributed by atoms with Gasteiger partial charge in [-0.2, -0.15) is 0 Å². The maximum atomic E-state index is 14.4. The monoisotopic (exact) mass is 368 g/mol. The zero-order valence-corrected chi connectivity index (χ0v) is 14.9. The van der Waals surface area contributed by atoms with Crippen LogP contribution >= 0.6 is 12.2 Å². The van der Waals surface area contributed by atoms with Crippen LogP contribution in [-0.4, -0.2) is 5.11 Å². The van der Waals surface area contributed by atoms with Gasteiger partial charge in [0.05, 0.1) is 6.04 Å². The van der Waals surface area contributed by atoms with Crippen molar-refractivity contribution in [2.45, 2.75) is 25.3 Å². The minimum absolute atomic E-state index is 0.255. The molecular weight excluding hydrogens is 350 g/mol. The zero-order valence-electron chi connectivity index (χ0n) is 14.1. The molecule has 1 aliphatic carbocycles. The van der Waals surface area contributed by atoms with Crippen LogP contribution in [0.2, 0.25) is 0 Å². The van der Waals surface area contributed by atoms with Gasteiger partial charge in [-0.3, -0.25) is 0 Å². The van der Waals surface area contributed by atoms with Crippen molar-refractivity contribution in [3.05, 3.63) is 88.1 Å². The molecule has 2 aromatic rings. The molecule has 1 heterocycles. The van der Waals surface area contributed by atoms with Crippen molar-refractivity contribution in [3.63, 3.8) is 0 Å². The lowest BCUT2D eigenvalue weighted by Gasteiger charge is -2.36. The maximum Gasteiger partial charge on any atom is 0.171 e. The normalized spacial score (nSPS) is 21.2. The standard InChI is InChI=1S/C21H18F2N2S/c22-17-10-3-1-6-13(17)12-14-7-5-9-16-19(14)24-21(26)25-20(16)15-8-2-4-11-18(15)23/h1-4,6,8,10-12,20H,5,7,9H2,(H2,24,25,26)/b14-12+/t20-/m1/s1. The number of hydrogen-bond acceptors (Lipinski definition) is 1. The van der Waals surface area contributed by atoms with Gasteiger partial charge in [-0.25, -0.2) is 8.78 Å². The molecule has 4 rings (SSSR count). The highest BCUT2D eigenvalue weighted by molar-refractivity contribution is 7.80. The van der Waals surface area contributed by atoms with Crippen LogP contribution in [0.5, 0.6) is 0 Å². The Hall–Kier alpha value is -2.53. The van der Waals surface area contributed by atoms with Gasteiger partial charge in [0.1, 0.15) is 11.6 Å². The van der Waals surface area contributed by atoms with Crippen LogP contribution in [-0.2, 0) is 0 Å². The third-order valence-corrected chi connectivity index (χ3v) is 5.07. The summed E-state index contributed by atoms with van der Waals surface area (Å²) in [4.78, 5) is 0. The van der Waals surface area contributed by atoms with Crippen LogP contribution in [0.4, 0.5) is 8.78 Å². The fourth-order valence-corrected chi connectivity index (χ4v) is 3.86. The Morgan fingerprint density at radius 3 is 2.46 bits per heavy atom. The fourth-order valence-electron chi connectivity index (χ4n) is 3.64. The summed E-state index contributed by atoms with van der Waals surface area (Å²) >= 11 is 5.36. The SMILES string of the molecule is Fc1ccccc1/C=C1\CCCC2=C1NC(=S)N[C@@H]2c1ccccc1F. The van der Waals surface area contributed by atoms with E-state index in [4.69, 9.17) is 12.2 Å². The van der Waals surface area contributed by atoms with Crippen molar-refractivity contribution >= 4 is 23.4 Å². The Labute approximate surface area is 156 Å². The Balaban J connectivity index is 1.81. The van der Waals surface area contributed by atoms with E-state index in [2.05, 4.69) is 10.6 Å². The molecule has 2 aliphatic rings. The Kier molecular flexibility index (Phi) is 4.55. The Morgan fingerprint density at radius 2 is 1.69 bits per heavy atom. The van der Waals surface area contributed by atoms with Gasteiger partial charge < -0.3 is 10.6 Å². The molecule has 0 radical (unpaired) electrons. The minimum atomic E-state index is -0.302. The number of thiocarbonyl (C=S) groups is 1. The molecule has 26 heavy (non-hydrogen) atoms. The van der Waals surface area contributed by atoms with Crippen LogP contribution in [0.25, 0.3) is 6.08 Å². The first-order chi connectivity index (χ1) is 12.6. The molecule has 0 unspecified atom stereocenters. The molecule has 0 spiro atoms. The lowest BCUT2D eigenvalue weighted by Crippen LogP contribution is -2.45. The van der Waals surface area contributed by atoms with E-state index in [-0.39, 0.29) is 17.7 Å². The van der Waals surface area contributed by atoms with Crippen LogP contribution in [0.1, 0.15) is 36.4 Å². The first-order valence-corrected chi connectivity index (χ1v) is 9.05. The van der Waals surface area contributed by atoms with Gasteiger partial charge in [-0.05, 0) is 60.8 Å². The predicted octanol–water partition coefficient (Wildman–Crippen LogP) is 5.01. The van der Waals surface area contributed by atoms with Crippen LogP contribution in [0, 0.1) is 11.6 Å². The molecule has 0 saturated carbocycles. The maximum absolute atomic E-state index is 14.4. The molecular formula is C21H18F2N2S. The van der Waals surface area contributed by atoms with E-state index in [1.807, 2.05) is 18.2 Å². The second-order valence-corrected chi connectivity index (χ2v) is 6.91. The summed E-state index contributed by atoms with van der Waals surface area (Å²) in [5, 5.41) is 6.86. The summed E-state index contributed by atoms with van der Waals surface area (Å²) in [5.74, 6) is -0.512. The van der Waals surface area contributed by atoms with E-state index in [1.54, 1.807) is 24.3 Å². The summed E-state index contributed by atoms with van der Waals surface area (Å²) in [6.45, 7) is 0. The third-order valence-electron chi connectivity index (χ3n) is 4.85. The lowest BCUT2D eigenvalue weighted by molar-refractivity contribution is 0.556. The van der Waals surface area contributed by atoms with Gasteiger partial charge in [0, 0.05) is 16.8 Å². The molecule has 2 N–H and O–H groups in total. The fraction of sp³-hybridized carbons (Fsp3) is 0.190. The Bertz CT molecular complexity index is 933. The first kappa shape index (κ1) is 16.9. The van der Waals surface area contributed by atoms with Gasteiger partial charge >= 0.3 is 0 Å². The largest absolute Gasteiger partial charge is 0.352 e. The average Bonchev–Trinajstić information content (AvgIpc) is 2.64. The van der Waals surface area contributed by atoms with Gasteiger partial charge in [-0.1, -0.05) is 36.4 Å². The van der Waals surface area contributed by atoms with Crippen molar-refractivity contribution in [2.75, 3.05) is 0 Å². The molecule has 0 amide bonds. The summed E-state index contributed by atoms with van der Waals surface area (Å²) < 4.78 is 28.4. The van der Waals surface area contributed by atoms with Crippen molar-refractivity contribution in [2.24, 2.45) is 0 Å². The number of halogens is 2. The van der Waals surface area contributed by atoms with Gasteiger partial charge in [0.25, 0.3) is 0 Å². The number of benzene rings is 2. The molecule has 0 fully saturated rings. The molecule has 1 atom stereocenters. The van der Waals surface area contributed by atoms with E-state index in [0.717, 1.165) is 36.1 Å². The topological polar surface area (TPSA) is 24.1 Å². The summed E-state index contributed by atoms with van der Waals surface area (Å²) in [6, 6.07) is 13.1. The molecule has 5 heteroatoms. The molecule has 0 saturated heterocycles. The zero-order chi connectivity index (χ0) is 18.1. The van der Waals surface area contributed by atoms with Crippen molar-refractivity contribution in [1.82, 2.24) is 10.6 Å². The van der Waals surface area contributed by atoms with Crippen molar-refractivity contribution < 1.29 is 8.78 Å². The highest BCUT2D eigenvalue weighted by Crippen LogP contribution is 2.39. The van der Waals surface area contributed by atoms with Crippen LogP contribution < -0.4 is 10.6 Å². The molecule has 0 aromatic heterocycles. The number of hydrogen-bond donors (Lipinski definition) is 2. The van der Waals surface area contributed by atoms with Gasteiger partial charge in [0.15, 0.2) is 5.11 Å². The van der Waals surface area contributed by atoms with E-state index >= 15 is 0 Å². The second-order valence-electron chi connectivity index (χ2n) is 6.50. The van der Waals surface area contributed by atoms with E-state index in [0.29, 0.717) is 16.2 Å². The number of nitrogens with one attached hydrogen (secondary N) is 2. The molecule has 2 aromatic carbocycles. The first-order valence-electron chi connectivity index (χ1n) is 8.64. The molecule has 2 nitrogen and oxygen atoms in total. The van der Waals surface area contributed by atoms with Crippen LogP contribution in [0.3, 0.4) is 0 Å². The summed E-state index contributed by atoms with van der Waals surface area (Å²) in [5.41, 5.74) is 4.09. The highest BCUT2D eigenvalue weighted by Gasteiger charge is 2.31. The van der Waals surface area contributed by atoms with Gasteiger partial charge in [-0.15, -0.1) is 0 Å². The average molecular weight is 368 g/mol.